The maximum Gasteiger partial charge on any atom is 0.339 e. The van der Waals surface area contributed by atoms with Crippen molar-refractivity contribution in [3.05, 3.63) is 84.5 Å². The first kappa shape index (κ1) is 36.9. The third-order valence-corrected chi connectivity index (χ3v) is 5.81. The number of carbonyl (C=O) groups excluding carboxylic acids is 2. The van der Waals surface area contributed by atoms with E-state index in [0.29, 0.717) is 6.61 Å². The van der Waals surface area contributed by atoms with Crippen molar-refractivity contribution in [3.63, 3.8) is 0 Å². The molecule has 1 aromatic carbocycles. The molecule has 5 N–H and O–H groups in total. The van der Waals surface area contributed by atoms with Crippen LogP contribution in [0.3, 0.4) is 0 Å². The Hall–Kier alpha value is -4.15. The van der Waals surface area contributed by atoms with Gasteiger partial charge in [-0.3, -0.25) is 4.79 Å². The zero-order valence-electron chi connectivity index (χ0n) is 25.3. The number of carboxylic acids is 1. The highest BCUT2D eigenvalue weighted by molar-refractivity contribution is 5.95. The van der Waals surface area contributed by atoms with Gasteiger partial charge >= 0.3 is 12.0 Å². The van der Waals surface area contributed by atoms with Crippen molar-refractivity contribution in [2.24, 2.45) is 0 Å². The minimum atomic E-state index is -1.32. The summed E-state index contributed by atoms with van der Waals surface area (Å²) in [6, 6.07) is 3.09. The average molecular weight is 598 g/mol. The summed E-state index contributed by atoms with van der Waals surface area (Å²) in [5.74, 6) is -2.17. The summed E-state index contributed by atoms with van der Waals surface area (Å²) in [6.45, 7) is 2.76. The Kier molecular flexibility index (Phi) is 21.0. The SMILES string of the molecule is CCC=CCC=CCC=CCC=CCC=CCCCCOC(OC)C(=O)NCCNC(=O)Nc1ccc(O)c(C(=O)O)c1. The Bertz CT molecular complexity index is 1110. The molecular formula is C33H47N3O7. The molecule has 43 heavy (non-hydrogen) atoms. The van der Waals surface area contributed by atoms with Crippen molar-refractivity contribution < 1.29 is 34.1 Å². The monoisotopic (exact) mass is 597 g/mol. The quantitative estimate of drug-likeness (QED) is 0.0460. The molecule has 0 heterocycles. The van der Waals surface area contributed by atoms with Gasteiger partial charge in [0, 0.05) is 25.9 Å². The summed E-state index contributed by atoms with van der Waals surface area (Å²) >= 11 is 0. The van der Waals surface area contributed by atoms with E-state index in [4.69, 9.17) is 14.6 Å². The summed E-state index contributed by atoms with van der Waals surface area (Å²) in [5.41, 5.74) is -0.129. The second-order valence-corrected chi connectivity index (χ2v) is 9.35. The molecule has 0 radical (unpaired) electrons. The van der Waals surface area contributed by atoms with E-state index in [1.54, 1.807) is 0 Å². The molecule has 1 aromatic rings. The number of unbranched alkanes of at least 4 members (excludes halogenated alkanes) is 2. The van der Waals surface area contributed by atoms with Crippen LogP contribution in [0.25, 0.3) is 0 Å². The smallest absolute Gasteiger partial charge is 0.339 e. The fourth-order valence-electron chi connectivity index (χ4n) is 3.58. The number of urea groups is 1. The lowest BCUT2D eigenvalue weighted by Crippen LogP contribution is -2.42. The van der Waals surface area contributed by atoms with Crippen LogP contribution in [0.2, 0.25) is 0 Å². The molecule has 0 fully saturated rings. The van der Waals surface area contributed by atoms with Crippen LogP contribution in [0, 0.1) is 0 Å². The number of carboxylic acid groups (broad SMARTS) is 1. The van der Waals surface area contributed by atoms with Crippen molar-refractivity contribution >= 4 is 23.6 Å². The Balaban J connectivity index is 2.10. The van der Waals surface area contributed by atoms with E-state index in [2.05, 4.69) is 83.6 Å². The molecule has 0 saturated heterocycles. The molecule has 0 saturated carbocycles. The molecule has 0 aliphatic heterocycles. The van der Waals surface area contributed by atoms with Gasteiger partial charge in [-0.2, -0.15) is 0 Å². The molecule has 10 nitrogen and oxygen atoms in total. The molecule has 10 heteroatoms. The largest absolute Gasteiger partial charge is 0.507 e. The predicted octanol–water partition coefficient (Wildman–Crippen LogP) is 6.24. The third-order valence-electron chi connectivity index (χ3n) is 5.81. The third kappa shape index (κ3) is 18.8. The second-order valence-electron chi connectivity index (χ2n) is 9.35. The van der Waals surface area contributed by atoms with Crippen LogP contribution in [0.1, 0.15) is 68.6 Å². The van der Waals surface area contributed by atoms with Crippen LogP contribution >= 0.6 is 0 Å². The summed E-state index contributed by atoms with van der Waals surface area (Å²) in [5, 5.41) is 26.2. The molecule has 0 aromatic heterocycles. The minimum absolute atomic E-state index is 0.116. The lowest BCUT2D eigenvalue weighted by Gasteiger charge is -2.16. The van der Waals surface area contributed by atoms with Gasteiger partial charge in [-0.15, -0.1) is 0 Å². The summed E-state index contributed by atoms with van der Waals surface area (Å²) in [6.07, 6.45) is 28.2. The molecular weight excluding hydrogens is 550 g/mol. The minimum Gasteiger partial charge on any atom is -0.507 e. The fraction of sp³-hybridized carbons (Fsp3) is 0.424. The number of ether oxygens (including phenoxy) is 2. The van der Waals surface area contributed by atoms with Crippen molar-refractivity contribution in [1.82, 2.24) is 10.6 Å². The molecule has 1 unspecified atom stereocenters. The van der Waals surface area contributed by atoms with Gasteiger partial charge in [0.2, 0.25) is 6.29 Å². The van der Waals surface area contributed by atoms with E-state index in [1.165, 1.54) is 19.2 Å². The van der Waals surface area contributed by atoms with Gasteiger partial charge in [0.25, 0.3) is 5.91 Å². The van der Waals surface area contributed by atoms with Crippen LogP contribution in [-0.2, 0) is 14.3 Å². The van der Waals surface area contributed by atoms with E-state index in [1.807, 2.05) is 0 Å². The van der Waals surface area contributed by atoms with Crippen molar-refractivity contribution in [2.75, 3.05) is 32.1 Å². The Morgan fingerprint density at radius 1 is 0.837 bits per heavy atom. The van der Waals surface area contributed by atoms with Crippen molar-refractivity contribution in [2.45, 2.75) is 64.6 Å². The number of benzene rings is 1. The molecule has 3 amide bonds. The Morgan fingerprint density at radius 2 is 1.42 bits per heavy atom. The zero-order valence-corrected chi connectivity index (χ0v) is 25.3. The molecule has 1 rings (SSSR count). The van der Waals surface area contributed by atoms with Crippen LogP contribution < -0.4 is 16.0 Å². The van der Waals surface area contributed by atoms with Gasteiger partial charge in [0.1, 0.15) is 11.3 Å². The van der Waals surface area contributed by atoms with Crippen LogP contribution in [0.15, 0.2) is 79.0 Å². The number of aromatic hydroxyl groups is 1. The predicted molar refractivity (Wildman–Crippen MR) is 170 cm³/mol. The zero-order chi connectivity index (χ0) is 31.5. The normalized spacial score (nSPS) is 12.6. The maximum absolute atomic E-state index is 12.3. The first-order chi connectivity index (χ1) is 20.9. The lowest BCUT2D eigenvalue weighted by molar-refractivity contribution is -0.165. The fourth-order valence-corrected chi connectivity index (χ4v) is 3.58. The number of nitrogens with one attached hydrogen (secondary N) is 3. The number of allylic oxidation sites excluding steroid dienone is 10. The van der Waals surface area contributed by atoms with Crippen molar-refractivity contribution in [1.29, 1.82) is 0 Å². The number of amides is 3. The topological polar surface area (TPSA) is 146 Å². The number of rotatable bonds is 22. The van der Waals surface area contributed by atoms with Crippen molar-refractivity contribution in [3.8, 4) is 5.75 Å². The van der Waals surface area contributed by atoms with E-state index >= 15 is 0 Å². The summed E-state index contributed by atoms with van der Waals surface area (Å²) < 4.78 is 10.6. The summed E-state index contributed by atoms with van der Waals surface area (Å²) in [4.78, 5) is 35.4. The van der Waals surface area contributed by atoms with E-state index in [9.17, 15) is 19.5 Å². The number of aromatic carboxylic acids is 1. The molecule has 0 spiro atoms. The van der Waals surface area contributed by atoms with Gasteiger partial charge in [0.15, 0.2) is 0 Å². The van der Waals surface area contributed by atoms with Crippen LogP contribution in [-0.4, -0.2) is 61.2 Å². The summed E-state index contributed by atoms with van der Waals surface area (Å²) in [7, 11) is 1.38. The molecule has 236 valence electrons. The number of hydrogen-bond acceptors (Lipinski definition) is 6. The van der Waals surface area contributed by atoms with Gasteiger partial charge in [-0.25, -0.2) is 9.59 Å². The van der Waals surface area contributed by atoms with Gasteiger partial charge in [0.05, 0.1) is 6.61 Å². The van der Waals surface area contributed by atoms with Crippen LogP contribution in [0.4, 0.5) is 10.5 Å². The number of phenols is 1. The highest BCUT2D eigenvalue weighted by atomic mass is 16.7. The van der Waals surface area contributed by atoms with Gasteiger partial charge < -0.3 is 35.6 Å². The standard InChI is InChI=1S/C33H47N3O7/c1-3-4-5-6-7-8-9-10-11-12-13-14-15-16-17-18-19-20-25-43-32(42-2)30(38)34-23-24-35-33(41)36-27-21-22-29(37)28(26-27)31(39)40/h4-5,7-8,10-11,13-14,16-17,21-22,26,32,37H,3,6,9,12,15,18-20,23-25H2,1-2H3,(H,34,38)(H,39,40)(H2,35,36,41). The first-order valence-corrected chi connectivity index (χ1v) is 14.7. The number of methoxy groups -OCH3 is 1. The highest BCUT2D eigenvalue weighted by Crippen LogP contribution is 2.21. The molecule has 1 atom stereocenters. The van der Waals surface area contributed by atoms with E-state index in [-0.39, 0.29) is 24.3 Å². The Morgan fingerprint density at radius 3 is 2.00 bits per heavy atom. The molecule has 0 aliphatic carbocycles. The van der Waals surface area contributed by atoms with Gasteiger partial charge in [-0.05, 0) is 69.6 Å². The van der Waals surface area contributed by atoms with Crippen LogP contribution in [0.5, 0.6) is 5.75 Å². The average Bonchev–Trinajstić information content (AvgIpc) is 2.99. The maximum atomic E-state index is 12.3. The van der Waals surface area contributed by atoms with Gasteiger partial charge in [-0.1, -0.05) is 67.7 Å². The number of hydrogen-bond donors (Lipinski definition) is 5. The lowest BCUT2D eigenvalue weighted by atomic mass is 10.2. The number of carbonyl (C=O) groups is 3. The molecule has 0 bridgehead atoms. The highest BCUT2D eigenvalue weighted by Gasteiger charge is 2.17. The Labute approximate surface area is 255 Å². The second kappa shape index (κ2) is 24.4. The molecule has 0 aliphatic rings. The first-order valence-electron chi connectivity index (χ1n) is 14.7. The van der Waals surface area contributed by atoms with E-state index < -0.39 is 29.9 Å². The van der Waals surface area contributed by atoms with E-state index in [0.717, 1.165) is 57.4 Å². The number of anilines is 1.